The normalized spacial score (nSPS) is 13.3. The summed E-state index contributed by atoms with van der Waals surface area (Å²) in [5.74, 6) is -1.41. The fourth-order valence-corrected chi connectivity index (χ4v) is 2.66. The maximum absolute atomic E-state index is 12.5. The van der Waals surface area contributed by atoms with Gasteiger partial charge in [0.25, 0.3) is 0 Å². The van der Waals surface area contributed by atoms with Gasteiger partial charge in [0.05, 0.1) is 12.0 Å². The first-order valence-corrected chi connectivity index (χ1v) is 9.14. The molecule has 0 heterocycles. The van der Waals surface area contributed by atoms with E-state index in [1.807, 2.05) is 60.7 Å². The summed E-state index contributed by atoms with van der Waals surface area (Å²) in [6.07, 6.45) is 2.68. The Labute approximate surface area is 160 Å². The summed E-state index contributed by atoms with van der Waals surface area (Å²) in [4.78, 5) is 24.7. The van der Waals surface area contributed by atoms with Gasteiger partial charge in [-0.15, -0.1) is 0 Å². The molecule has 0 spiro atoms. The smallest absolute Gasteiger partial charge is 0.331 e. The predicted octanol–water partition coefficient (Wildman–Crippen LogP) is 4.44. The Balaban J connectivity index is 2.05. The lowest BCUT2D eigenvalue weighted by atomic mass is 9.94. The Morgan fingerprint density at radius 2 is 1.48 bits per heavy atom. The molecule has 4 nitrogen and oxygen atoms in total. The topological polar surface area (TPSA) is 52.6 Å². The third-order valence-electron chi connectivity index (χ3n) is 4.03. The zero-order chi connectivity index (χ0) is 19.6. The van der Waals surface area contributed by atoms with E-state index in [2.05, 4.69) is 0 Å². The third kappa shape index (κ3) is 7.10. The number of carbonyl (C=O) groups excluding carboxylic acids is 2. The molecule has 0 aromatic heterocycles. The van der Waals surface area contributed by atoms with Gasteiger partial charge < -0.3 is 9.47 Å². The van der Waals surface area contributed by atoms with E-state index in [1.165, 1.54) is 6.08 Å². The van der Waals surface area contributed by atoms with E-state index in [4.69, 9.17) is 9.47 Å². The van der Waals surface area contributed by atoms with Crippen molar-refractivity contribution in [2.24, 2.45) is 5.92 Å². The van der Waals surface area contributed by atoms with Crippen LogP contribution >= 0.6 is 0 Å². The highest BCUT2D eigenvalue weighted by Crippen LogP contribution is 2.18. The molecule has 142 valence electrons. The Bertz CT molecular complexity index is 750. The summed E-state index contributed by atoms with van der Waals surface area (Å²) in [5, 5.41) is 0. The first-order valence-electron chi connectivity index (χ1n) is 9.14. The average molecular weight is 366 g/mol. The molecule has 0 fully saturated rings. The zero-order valence-electron chi connectivity index (χ0n) is 16.0. The van der Waals surface area contributed by atoms with Crippen molar-refractivity contribution in [1.82, 2.24) is 0 Å². The van der Waals surface area contributed by atoms with Crippen molar-refractivity contribution in [1.29, 1.82) is 0 Å². The van der Waals surface area contributed by atoms with Crippen LogP contribution in [0.1, 0.15) is 31.9 Å². The minimum atomic E-state index is -0.607. The van der Waals surface area contributed by atoms with Crippen LogP contribution in [0.4, 0.5) is 0 Å². The van der Waals surface area contributed by atoms with Crippen LogP contribution in [0.2, 0.25) is 0 Å². The minimum Gasteiger partial charge on any atom is -0.463 e. The van der Waals surface area contributed by atoms with E-state index in [9.17, 15) is 9.59 Å². The lowest BCUT2D eigenvalue weighted by Crippen LogP contribution is -2.34. The molecule has 2 aromatic carbocycles. The number of esters is 2. The lowest BCUT2D eigenvalue weighted by molar-refractivity contribution is -0.161. The summed E-state index contributed by atoms with van der Waals surface area (Å²) in [6.45, 7) is 5.33. The first-order chi connectivity index (χ1) is 13.0. The number of carbonyl (C=O) groups is 2. The Hall–Kier alpha value is -2.88. The highest BCUT2D eigenvalue weighted by Gasteiger charge is 2.30. The molecule has 0 saturated carbocycles. The standard InChI is InChI=1S/C23H26O4/c1-17(2)26-23(25)21(16-20-12-8-5-9-13-20)18(3)27-22(24)15-14-19-10-6-4-7-11-19/h4-15,17-18,21H,16H2,1-3H3/b15-14+. The van der Waals surface area contributed by atoms with Crippen LogP contribution in [0.25, 0.3) is 6.08 Å². The molecule has 0 radical (unpaired) electrons. The van der Waals surface area contributed by atoms with Crippen LogP contribution < -0.4 is 0 Å². The Morgan fingerprint density at radius 3 is 2.07 bits per heavy atom. The van der Waals surface area contributed by atoms with Crippen LogP contribution in [-0.2, 0) is 25.5 Å². The molecular formula is C23H26O4. The van der Waals surface area contributed by atoms with Gasteiger partial charge in [0.1, 0.15) is 6.10 Å². The van der Waals surface area contributed by atoms with E-state index in [0.717, 1.165) is 11.1 Å². The molecule has 0 aliphatic carbocycles. The van der Waals surface area contributed by atoms with Gasteiger partial charge in [0, 0.05) is 6.08 Å². The molecule has 0 aliphatic heterocycles. The molecule has 0 amide bonds. The van der Waals surface area contributed by atoms with Crippen LogP contribution in [-0.4, -0.2) is 24.1 Å². The number of benzene rings is 2. The van der Waals surface area contributed by atoms with Gasteiger partial charge >= 0.3 is 11.9 Å². The molecule has 2 aromatic rings. The summed E-state index contributed by atoms with van der Waals surface area (Å²) >= 11 is 0. The zero-order valence-corrected chi connectivity index (χ0v) is 16.0. The number of ether oxygens (including phenoxy) is 2. The van der Waals surface area contributed by atoms with E-state index in [1.54, 1.807) is 26.8 Å². The van der Waals surface area contributed by atoms with E-state index in [-0.39, 0.29) is 12.1 Å². The molecule has 0 N–H and O–H groups in total. The van der Waals surface area contributed by atoms with Crippen molar-refractivity contribution in [3.8, 4) is 0 Å². The second kappa shape index (κ2) is 10.3. The molecular weight excluding hydrogens is 340 g/mol. The van der Waals surface area contributed by atoms with Gasteiger partial charge in [-0.1, -0.05) is 60.7 Å². The van der Waals surface area contributed by atoms with Gasteiger partial charge in [-0.3, -0.25) is 4.79 Å². The fraction of sp³-hybridized carbons (Fsp3) is 0.304. The SMILES string of the molecule is CC(C)OC(=O)C(Cc1ccccc1)C(C)OC(=O)/C=C/c1ccccc1. The number of hydrogen-bond acceptors (Lipinski definition) is 4. The largest absolute Gasteiger partial charge is 0.463 e. The lowest BCUT2D eigenvalue weighted by Gasteiger charge is -2.23. The monoisotopic (exact) mass is 366 g/mol. The Kier molecular flexibility index (Phi) is 7.80. The quantitative estimate of drug-likeness (QED) is 0.512. The molecule has 27 heavy (non-hydrogen) atoms. The summed E-state index contributed by atoms with van der Waals surface area (Å²) in [7, 11) is 0. The number of rotatable bonds is 8. The third-order valence-corrected chi connectivity index (χ3v) is 4.03. The van der Waals surface area contributed by atoms with Gasteiger partial charge in [0.2, 0.25) is 0 Å². The summed E-state index contributed by atoms with van der Waals surface area (Å²) in [6, 6.07) is 19.1. The predicted molar refractivity (Wildman–Crippen MR) is 106 cm³/mol. The maximum atomic E-state index is 12.5. The van der Waals surface area contributed by atoms with Crippen LogP contribution in [0.15, 0.2) is 66.7 Å². The van der Waals surface area contributed by atoms with E-state index in [0.29, 0.717) is 6.42 Å². The van der Waals surface area contributed by atoms with Gasteiger partial charge in [-0.25, -0.2) is 4.79 Å². The van der Waals surface area contributed by atoms with Crippen molar-refractivity contribution in [2.45, 2.75) is 39.4 Å². The van der Waals surface area contributed by atoms with E-state index >= 15 is 0 Å². The summed E-state index contributed by atoms with van der Waals surface area (Å²) in [5.41, 5.74) is 1.90. The average Bonchev–Trinajstić information content (AvgIpc) is 2.65. The van der Waals surface area contributed by atoms with Crippen LogP contribution in [0.3, 0.4) is 0 Å². The molecule has 4 heteroatoms. The van der Waals surface area contributed by atoms with Crippen LogP contribution in [0.5, 0.6) is 0 Å². The van der Waals surface area contributed by atoms with Gasteiger partial charge in [0.15, 0.2) is 0 Å². The van der Waals surface area contributed by atoms with Gasteiger partial charge in [-0.05, 0) is 44.4 Å². The molecule has 2 unspecified atom stereocenters. The van der Waals surface area contributed by atoms with Crippen molar-refractivity contribution in [3.05, 3.63) is 77.9 Å². The molecule has 2 rings (SSSR count). The minimum absolute atomic E-state index is 0.225. The second-order valence-corrected chi connectivity index (χ2v) is 6.67. The van der Waals surface area contributed by atoms with Crippen molar-refractivity contribution in [3.63, 3.8) is 0 Å². The second-order valence-electron chi connectivity index (χ2n) is 6.67. The highest BCUT2D eigenvalue weighted by molar-refractivity contribution is 5.87. The molecule has 0 aliphatic rings. The molecule has 0 saturated heterocycles. The fourth-order valence-electron chi connectivity index (χ4n) is 2.66. The van der Waals surface area contributed by atoms with Crippen molar-refractivity contribution >= 4 is 18.0 Å². The van der Waals surface area contributed by atoms with Crippen molar-refractivity contribution < 1.29 is 19.1 Å². The summed E-state index contributed by atoms with van der Waals surface area (Å²) < 4.78 is 10.9. The van der Waals surface area contributed by atoms with Gasteiger partial charge in [-0.2, -0.15) is 0 Å². The molecule has 2 atom stereocenters. The first kappa shape index (κ1) is 20.4. The van der Waals surface area contributed by atoms with Crippen LogP contribution in [0, 0.1) is 5.92 Å². The van der Waals surface area contributed by atoms with Crippen molar-refractivity contribution in [2.75, 3.05) is 0 Å². The van der Waals surface area contributed by atoms with E-state index < -0.39 is 18.0 Å². The Morgan fingerprint density at radius 1 is 0.889 bits per heavy atom. The maximum Gasteiger partial charge on any atom is 0.331 e. The highest BCUT2D eigenvalue weighted by atomic mass is 16.6. The number of hydrogen-bond donors (Lipinski definition) is 0. The molecule has 0 bridgehead atoms.